The monoisotopic (exact) mass is 196 g/mol. The smallest absolute Gasteiger partial charge is 0.233 e. The van der Waals surface area contributed by atoms with Crippen LogP contribution in [0.2, 0.25) is 0 Å². The Kier molecular flexibility index (Phi) is 7.96. The Balaban J connectivity index is 3.77. The van der Waals surface area contributed by atoms with E-state index in [9.17, 15) is 4.79 Å². The van der Waals surface area contributed by atoms with E-state index in [0.717, 1.165) is 32.4 Å². The maximum Gasteiger partial charge on any atom is 0.233 e. The lowest BCUT2D eigenvalue weighted by Crippen LogP contribution is -2.36. The number of likely N-dealkylation sites (N-methyl/N-ethyl adjacent to an activating group) is 1. The van der Waals surface area contributed by atoms with Crippen LogP contribution in [0.15, 0.2) is 0 Å². The number of hydrogen-bond acceptors (Lipinski definition) is 2. The second kappa shape index (κ2) is 8.58. The van der Waals surface area contributed by atoms with Gasteiger partial charge in [0.15, 0.2) is 0 Å². The van der Waals surface area contributed by atoms with E-state index in [1.54, 1.807) is 7.05 Å². The van der Waals surface area contributed by atoms with Gasteiger partial charge in [-0.05, 0) is 25.9 Å². The molecule has 0 aromatic rings. The van der Waals surface area contributed by atoms with Crippen LogP contribution in [0.4, 0.5) is 0 Å². The van der Waals surface area contributed by atoms with Crippen molar-refractivity contribution in [3.8, 4) is 12.3 Å². The largest absolute Gasteiger partial charge is 0.358 e. The minimum Gasteiger partial charge on any atom is -0.358 e. The van der Waals surface area contributed by atoms with Gasteiger partial charge in [-0.15, -0.1) is 12.3 Å². The highest BCUT2D eigenvalue weighted by molar-refractivity contribution is 5.77. The fourth-order valence-corrected chi connectivity index (χ4v) is 1.27. The van der Waals surface area contributed by atoms with Crippen LogP contribution in [0.3, 0.4) is 0 Å². The highest BCUT2D eigenvalue weighted by Crippen LogP contribution is 1.96. The van der Waals surface area contributed by atoms with E-state index in [-0.39, 0.29) is 5.91 Å². The third-order valence-corrected chi connectivity index (χ3v) is 1.98. The maximum atomic E-state index is 11.1. The van der Waals surface area contributed by atoms with Crippen LogP contribution in [0, 0.1) is 12.3 Å². The molecule has 3 nitrogen and oxygen atoms in total. The molecule has 0 saturated carbocycles. The van der Waals surface area contributed by atoms with Crippen LogP contribution in [0.25, 0.3) is 0 Å². The van der Waals surface area contributed by atoms with Crippen molar-refractivity contribution in [1.82, 2.24) is 10.2 Å². The molecule has 3 heteroatoms. The van der Waals surface area contributed by atoms with E-state index in [0.29, 0.717) is 6.54 Å². The van der Waals surface area contributed by atoms with E-state index in [4.69, 9.17) is 6.42 Å². The van der Waals surface area contributed by atoms with E-state index in [1.165, 1.54) is 0 Å². The van der Waals surface area contributed by atoms with Crippen molar-refractivity contribution in [2.45, 2.75) is 26.2 Å². The van der Waals surface area contributed by atoms with E-state index < -0.39 is 0 Å². The topological polar surface area (TPSA) is 32.3 Å². The van der Waals surface area contributed by atoms with Gasteiger partial charge in [0.05, 0.1) is 6.54 Å². The Hall–Kier alpha value is -1.01. The summed E-state index contributed by atoms with van der Waals surface area (Å²) >= 11 is 0. The maximum absolute atomic E-state index is 11.1. The highest BCUT2D eigenvalue weighted by atomic mass is 16.1. The lowest BCUT2D eigenvalue weighted by atomic mass is 10.3. The van der Waals surface area contributed by atoms with Crippen LogP contribution in [-0.2, 0) is 4.79 Å². The number of nitrogens with zero attached hydrogens (tertiary/aromatic N) is 1. The van der Waals surface area contributed by atoms with Gasteiger partial charge in [-0.2, -0.15) is 0 Å². The van der Waals surface area contributed by atoms with Crippen LogP contribution in [-0.4, -0.2) is 37.5 Å². The summed E-state index contributed by atoms with van der Waals surface area (Å²) < 4.78 is 0. The summed E-state index contributed by atoms with van der Waals surface area (Å²) in [4.78, 5) is 13.3. The third kappa shape index (κ3) is 6.50. The predicted octanol–water partition coefficient (Wildman–Crippen LogP) is 0.858. The number of rotatable bonds is 7. The summed E-state index contributed by atoms with van der Waals surface area (Å²) in [5, 5.41) is 2.62. The van der Waals surface area contributed by atoms with Crippen LogP contribution in [0.5, 0.6) is 0 Å². The molecular weight excluding hydrogens is 176 g/mol. The first-order chi connectivity index (χ1) is 6.74. The molecule has 0 heterocycles. The van der Waals surface area contributed by atoms with Gasteiger partial charge in [0.25, 0.3) is 0 Å². The van der Waals surface area contributed by atoms with Crippen molar-refractivity contribution in [1.29, 1.82) is 0 Å². The van der Waals surface area contributed by atoms with Gasteiger partial charge < -0.3 is 5.32 Å². The standard InChI is InChI=1S/C11H20N2O/c1-4-6-7-9-13(8-5-2)10-11(14)12-3/h1H,5-10H2,2-3H3,(H,12,14). The molecular formula is C11H20N2O. The molecule has 0 aliphatic rings. The fraction of sp³-hybridized carbons (Fsp3) is 0.727. The van der Waals surface area contributed by atoms with Crippen molar-refractivity contribution in [3.63, 3.8) is 0 Å². The average molecular weight is 196 g/mol. The van der Waals surface area contributed by atoms with Crippen molar-refractivity contribution in [2.24, 2.45) is 0 Å². The fourth-order valence-electron chi connectivity index (χ4n) is 1.27. The zero-order valence-electron chi connectivity index (χ0n) is 9.18. The van der Waals surface area contributed by atoms with Crippen molar-refractivity contribution >= 4 is 5.91 Å². The summed E-state index contributed by atoms with van der Waals surface area (Å²) in [5.41, 5.74) is 0. The number of amides is 1. The second-order valence-electron chi connectivity index (χ2n) is 3.26. The Morgan fingerprint density at radius 1 is 1.50 bits per heavy atom. The van der Waals surface area contributed by atoms with Crippen molar-refractivity contribution < 1.29 is 4.79 Å². The molecule has 0 unspecified atom stereocenters. The molecule has 0 aliphatic carbocycles. The first-order valence-electron chi connectivity index (χ1n) is 5.11. The van der Waals surface area contributed by atoms with Gasteiger partial charge in [0, 0.05) is 13.5 Å². The molecule has 0 saturated heterocycles. The van der Waals surface area contributed by atoms with Gasteiger partial charge in [-0.1, -0.05) is 6.92 Å². The average Bonchev–Trinajstić information content (AvgIpc) is 2.18. The predicted molar refractivity (Wildman–Crippen MR) is 58.9 cm³/mol. The molecule has 0 aromatic heterocycles. The molecule has 80 valence electrons. The first kappa shape index (κ1) is 13.0. The first-order valence-corrected chi connectivity index (χ1v) is 5.11. The van der Waals surface area contributed by atoms with Crippen molar-refractivity contribution in [3.05, 3.63) is 0 Å². The Bertz CT molecular complexity index is 196. The summed E-state index contributed by atoms with van der Waals surface area (Å²) in [5.74, 6) is 2.67. The third-order valence-electron chi connectivity index (χ3n) is 1.98. The molecule has 0 rings (SSSR count). The molecule has 0 aliphatic heterocycles. The minimum absolute atomic E-state index is 0.0687. The lowest BCUT2D eigenvalue weighted by Gasteiger charge is -2.19. The summed E-state index contributed by atoms with van der Waals surface area (Å²) in [6.07, 6.45) is 7.98. The molecule has 14 heavy (non-hydrogen) atoms. The number of nitrogens with one attached hydrogen (secondary N) is 1. The molecule has 0 fully saturated rings. The number of terminal acetylenes is 1. The normalized spacial score (nSPS) is 9.86. The van der Waals surface area contributed by atoms with Gasteiger partial charge >= 0.3 is 0 Å². The second-order valence-corrected chi connectivity index (χ2v) is 3.26. The SMILES string of the molecule is C#CCCCN(CCC)CC(=O)NC. The van der Waals surface area contributed by atoms with Crippen LogP contribution >= 0.6 is 0 Å². The quantitative estimate of drug-likeness (QED) is 0.484. The summed E-state index contributed by atoms with van der Waals surface area (Å²) in [6, 6.07) is 0. The number of carbonyl (C=O) groups excluding carboxylic acids is 1. The lowest BCUT2D eigenvalue weighted by molar-refractivity contribution is -0.121. The number of carbonyl (C=O) groups is 1. The van der Waals surface area contributed by atoms with Gasteiger partial charge in [0.1, 0.15) is 0 Å². The van der Waals surface area contributed by atoms with Crippen molar-refractivity contribution in [2.75, 3.05) is 26.7 Å². The van der Waals surface area contributed by atoms with Gasteiger partial charge in [-0.3, -0.25) is 9.69 Å². The Morgan fingerprint density at radius 3 is 2.71 bits per heavy atom. The minimum atomic E-state index is 0.0687. The zero-order chi connectivity index (χ0) is 10.8. The molecule has 0 bridgehead atoms. The molecule has 1 N–H and O–H groups in total. The van der Waals surface area contributed by atoms with E-state index in [2.05, 4.69) is 23.1 Å². The highest BCUT2D eigenvalue weighted by Gasteiger charge is 2.07. The molecule has 0 spiro atoms. The zero-order valence-corrected chi connectivity index (χ0v) is 9.18. The van der Waals surface area contributed by atoms with E-state index >= 15 is 0 Å². The van der Waals surface area contributed by atoms with Gasteiger partial charge in [-0.25, -0.2) is 0 Å². The van der Waals surface area contributed by atoms with E-state index in [1.807, 2.05) is 0 Å². The number of unbranched alkanes of at least 4 members (excludes halogenated alkanes) is 1. The molecule has 1 amide bonds. The van der Waals surface area contributed by atoms with Crippen LogP contribution in [0.1, 0.15) is 26.2 Å². The Labute approximate surface area is 86.9 Å². The van der Waals surface area contributed by atoms with Crippen LogP contribution < -0.4 is 5.32 Å². The van der Waals surface area contributed by atoms with Gasteiger partial charge in [0.2, 0.25) is 5.91 Å². The molecule has 0 radical (unpaired) electrons. The molecule has 0 aromatic carbocycles. The summed E-state index contributed by atoms with van der Waals surface area (Å²) in [7, 11) is 1.66. The Morgan fingerprint density at radius 2 is 2.21 bits per heavy atom. The number of hydrogen-bond donors (Lipinski definition) is 1. The molecule has 0 atom stereocenters. The summed E-state index contributed by atoms with van der Waals surface area (Å²) in [6.45, 7) is 4.45.